The van der Waals surface area contributed by atoms with Gasteiger partial charge in [0, 0.05) is 5.02 Å². The highest BCUT2D eigenvalue weighted by atomic mass is 35.5. The van der Waals surface area contributed by atoms with E-state index in [1.807, 2.05) is 12.1 Å². The lowest BCUT2D eigenvalue weighted by Gasteiger charge is -2.32. The minimum absolute atomic E-state index is 0.271. The molecule has 2 rings (SSSR count). The Kier molecular flexibility index (Phi) is 6.22. The first-order chi connectivity index (χ1) is 11.2. The molecule has 0 bridgehead atoms. The number of rotatable bonds is 6. The summed E-state index contributed by atoms with van der Waals surface area (Å²) in [4.78, 5) is 0. The van der Waals surface area contributed by atoms with E-state index in [0.29, 0.717) is 0 Å². The van der Waals surface area contributed by atoms with Gasteiger partial charge in [-0.1, -0.05) is 50.4 Å². The minimum Gasteiger partial charge on any atom is -0.400 e. The van der Waals surface area contributed by atoms with Crippen LogP contribution in [0.4, 0.5) is 0 Å². The second-order valence-corrected chi connectivity index (χ2v) is 8.04. The van der Waals surface area contributed by atoms with Crippen LogP contribution in [0.15, 0.2) is 29.7 Å². The van der Waals surface area contributed by atoms with Crippen molar-refractivity contribution in [3.8, 4) is 0 Å². The highest BCUT2D eigenvalue weighted by molar-refractivity contribution is 6.56. The van der Waals surface area contributed by atoms with Crippen LogP contribution in [0.1, 0.15) is 72.8 Å². The predicted octanol–water partition coefficient (Wildman–Crippen LogP) is 6.33. The lowest BCUT2D eigenvalue weighted by atomic mass is 9.70. The molecule has 0 saturated carbocycles. The van der Waals surface area contributed by atoms with Crippen LogP contribution in [0, 0.1) is 0 Å². The molecule has 0 unspecified atom stereocenters. The number of hydrogen-bond donors (Lipinski definition) is 0. The van der Waals surface area contributed by atoms with Crippen molar-refractivity contribution in [2.45, 2.75) is 78.4 Å². The van der Waals surface area contributed by atoms with E-state index in [4.69, 9.17) is 20.9 Å². The Balaban J connectivity index is 2.47. The van der Waals surface area contributed by atoms with Gasteiger partial charge in [-0.05, 0) is 69.3 Å². The molecule has 0 spiro atoms. The van der Waals surface area contributed by atoms with Gasteiger partial charge in [0.15, 0.2) is 0 Å². The summed E-state index contributed by atoms with van der Waals surface area (Å²) in [7, 11) is -0.271. The number of benzene rings is 1. The van der Waals surface area contributed by atoms with Crippen LogP contribution >= 0.6 is 11.6 Å². The first kappa shape index (κ1) is 19.6. The van der Waals surface area contributed by atoms with Crippen molar-refractivity contribution in [2.75, 3.05) is 0 Å². The zero-order valence-electron chi connectivity index (χ0n) is 15.9. The van der Waals surface area contributed by atoms with Gasteiger partial charge in [0.05, 0.1) is 11.2 Å². The Hall–Kier alpha value is -0.765. The summed E-state index contributed by atoms with van der Waals surface area (Å²) < 4.78 is 12.7. The van der Waals surface area contributed by atoms with E-state index in [1.165, 1.54) is 16.6 Å². The van der Waals surface area contributed by atoms with E-state index >= 15 is 0 Å². The Morgan fingerprint density at radius 2 is 1.42 bits per heavy atom. The fourth-order valence-electron chi connectivity index (χ4n) is 3.06. The van der Waals surface area contributed by atoms with Crippen molar-refractivity contribution < 1.29 is 9.31 Å². The molecule has 1 saturated heterocycles. The molecule has 1 aliphatic rings. The van der Waals surface area contributed by atoms with Crippen molar-refractivity contribution >= 4 is 24.3 Å². The van der Waals surface area contributed by atoms with Crippen molar-refractivity contribution in [1.29, 1.82) is 0 Å². The van der Waals surface area contributed by atoms with Crippen LogP contribution < -0.4 is 0 Å². The van der Waals surface area contributed by atoms with Gasteiger partial charge in [-0.3, -0.25) is 0 Å². The van der Waals surface area contributed by atoms with Gasteiger partial charge in [0.2, 0.25) is 0 Å². The molecule has 0 atom stereocenters. The van der Waals surface area contributed by atoms with Gasteiger partial charge in [0.1, 0.15) is 0 Å². The molecule has 0 amide bonds. The topological polar surface area (TPSA) is 18.5 Å². The molecule has 1 aromatic rings. The molecule has 1 fully saturated rings. The van der Waals surface area contributed by atoms with Gasteiger partial charge in [-0.2, -0.15) is 0 Å². The van der Waals surface area contributed by atoms with Gasteiger partial charge in [-0.25, -0.2) is 0 Å². The van der Waals surface area contributed by atoms with Crippen molar-refractivity contribution in [1.82, 2.24) is 0 Å². The van der Waals surface area contributed by atoms with E-state index in [1.54, 1.807) is 0 Å². The summed E-state index contributed by atoms with van der Waals surface area (Å²) in [6, 6.07) is 8.13. The Bertz CT molecular complexity index is 574. The van der Waals surface area contributed by atoms with Gasteiger partial charge in [0.25, 0.3) is 0 Å². The van der Waals surface area contributed by atoms with Gasteiger partial charge < -0.3 is 9.31 Å². The van der Waals surface area contributed by atoms with Crippen LogP contribution in [-0.4, -0.2) is 18.3 Å². The third kappa shape index (κ3) is 4.07. The molecule has 1 heterocycles. The predicted molar refractivity (Wildman–Crippen MR) is 104 cm³/mol. The third-order valence-corrected chi connectivity index (χ3v) is 5.39. The van der Waals surface area contributed by atoms with E-state index in [2.05, 4.69) is 53.7 Å². The summed E-state index contributed by atoms with van der Waals surface area (Å²) >= 11 is 6.07. The average molecular weight is 349 g/mol. The van der Waals surface area contributed by atoms with Gasteiger partial charge in [-0.15, -0.1) is 0 Å². The molecule has 0 aromatic heterocycles. The maximum atomic E-state index is 6.35. The molecule has 1 aromatic carbocycles. The molecule has 132 valence electrons. The molecule has 1 aliphatic heterocycles. The molecular weight excluding hydrogens is 318 g/mol. The Morgan fingerprint density at radius 1 is 0.917 bits per heavy atom. The lowest BCUT2D eigenvalue weighted by molar-refractivity contribution is 0.00578. The lowest BCUT2D eigenvalue weighted by Crippen LogP contribution is -2.41. The van der Waals surface area contributed by atoms with E-state index in [9.17, 15) is 0 Å². The number of allylic oxidation sites excluding steroid dienone is 2. The summed E-state index contributed by atoms with van der Waals surface area (Å²) in [6.07, 6.45) is 4.15. The van der Waals surface area contributed by atoms with Crippen molar-refractivity contribution in [2.24, 2.45) is 0 Å². The maximum Gasteiger partial charge on any atom is 0.490 e. The summed E-state index contributed by atoms with van der Waals surface area (Å²) in [6.45, 7) is 12.9. The summed E-state index contributed by atoms with van der Waals surface area (Å²) in [5.41, 5.74) is 3.22. The number of halogens is 1. The fraction of sp³-hybridized carbons (Fsp3) is 0.600. The highest BCUT2D eigenvalue weighted by Gasteiger charge is 2.52. The van der Waals surface area contributed by atoms with E-state index < -0.39 is 0 Å². The molecule has 24 heavy (non-hydrogen) atoms. The normalized spacial score (nSPS) is 20.2. The molecule has 0 radical (unpaired) electrons. The molecule has 0 aliphatic carbocycles. The minimum atomic E-state index is -0.312. The quantitative estimate of drug-likeness (QED) is 0.559. The molecular formula is C20H30BClO2. The van der Waals surface area contributed by atoms with Crippen LogP contribution in [0.25, 0.3) is 5.57 Å². The first-order valence-corrected chi connectivity index (χ1v) is 9.43. The van der Waals surface area contributed by atoms with Crippen LogP contribution in [0.2, 0.25) is 5.02 Å². The van der Waals surface area contributed by atoms with Crippen molar-refractivity contribution in [3.05, 3.63) is 40.3 Å². The SMILES string of the molecule is CCC/C(B1OC(C)(C)C(C)(C)O1)=C(/CCC)c1ccc(Cl)cc1. The highest BCUT2D eigenvalue weighted by Crippen LogP contribution is 2.41. The van der Waals surface area contributed by atoms with Crippen molar-refractivity contribution in [3.63, 3.8) is 0 Å². The summed E-state index contributed by atoms with van der Waals surface area (Å²) in [5, 5.41) is 0.766. The fourth-order valence-corrected chi connectivity index (χ4v) is 3.18. The molecule has 2 nitrogen and oxygen atoms in total. The zero-order chi connectivity index (χ0) is 18.0. The smallest absolute Gasteiger partial charge is 0.400 e. The molecule has 0 N–H and O–H groups in total. The Labute approximate surface area is 152 Å². The second kappa shape index (κ2) is 7.64. The van der Waals surface area contributed by atoms with Crippen LogP contribution in [0.3, 0.4) is 0 Å². The third-order valence-electron chi connectivity index (χ3n) is 5.14. The summed E-state index contributed by atoms with van der Waals surface area (Å²) in [5.74, 6) is 0. The monoisotopic (exact) mass is 348 g/mol. The largest absolute Gasteiger partial charge is 0.490 e. The van der Waals surface area contributed by atoms with Crippen LogP contribution in [0.5, 0.6) is 0 Å². The number of hydrogen-bond acceptors (Lipinski definition) is 2. The Morgan fingerprint density at radius 3 is 1.88 bits per heavy atom. The average Bonchev–Trinajstić information content (AvgIpc) is 2.72. The van der Waals surface area contributed by atoms with E-state index in [-0.39, 0.29) is 18.3 Å². The first-order valence-electron chi connectivity index (χ1n) is 9.05. The van der Waals surface area contributed by atoms with Gasteiger partial charge >= 0.3 is 7.12 Å². The maximum absolute atomic E-state index is 6.35. The van der Waals surface area contributed by atoms with E-state index in [0.717, 1.165) is 30.7 Å². The second-order valence-electron chi connectivity index (χ2n) is 7.60. The molecule has 4 heteroatoms. The van der Waals surface area contributed by atoms with Crippen LogP contribution in [-0.2, 0) is 9.31 Å². The standard InChI is InChI=1S/C20H30BClO2/c1-7-9-17(15-11-13-16(22)14-12-15)18(10-8-2)21-23-19(3,4)20(5,6)24-21/h11-14H,7-10H2,1-6H3/b18-17+. The zero-order valence-corrected chi connectivity index (χ0v) is 16.7.